The topological polar surface area (TPSA) is 33.7 Å². The Morgan fingerprint density at radius 3 is 1.93 bits per heavy atom. The molecule has 1 N–H and O–H groups in total. The maximum absolute atomic E-state index is 5.21. The SMILES string of the molecule is COC[C@@H]1CN(C(C)C)C[C@@H](COC)N1. The van der Waals surface area contributed by atoms with E-state index in [1.807, 2.05) is 0 Å². The minimum absolute atomic E-state index is 0.422. The Morgan fingerprint density at radius 1 is 1.13 bits per heavy atom. The zero-order valence-corrected chi connectivity index (χ0v) is 10.3. The van der Waals surface area contributed by atoms with Crippen molar-refractivity contribution in [3.8, 4) is 0 Å². The van der Waals surface area contributed by atoms with E-state index in [0.29, 0.717) is 18.1 Å². The van der Waals surface area contributed by atoms with Gasteiger partial charge in [-0.05, 0) is 13.8 Å². The van der Waals surface area contributed by atoms with Gasteiger partial charge in [0.15, 0.2) is 0 Å². The Morgan fingerprint density at radius 2 is 1.60 bits per heavy atom. The molecule has 1 aliphatic heterocycles. The van der Waals surface area contributed by atoms with Crippen molar-refractivity contribution in [2.24, 2.45) is 0 Å². The van der Waals surface area contributed by atoms with Crippen LogP contribution in [0.15, 0.2) is 0 Å². The summed E-state index contributed by atoms with van der Waals surface area (Å²) < 4.78 is 10.4. The van der Waals surface area contributed by atoms with Crippen LogP contribution in [0.25, 0.3) is 0 Å². The predicted octanol–water partition coefficient (Wildman–Crippen LogP) is 0.330. The summed E-state index contributed by atoms with van der Waals surface area (Å²) in [6, 6.07) is 1.43. The molecular formula is C11H24N2O2. The monoisotopic (exact) mass is 216 g/mol. The average molecular weight is 216 g/mol. The van der Waals surface area contributed by atoms with Crippen LogP contribution in [0.4, 0.5) is 0 Å². The molecule has 0 aromatic carbocycles. The van der Waals surface area contributed by atoms with E-state index in [1.165, 1.54) is 0 Å². The third kappa shape index (κ3) is 4.07. The molecule has 0 spiro atoms. The molecule has 15 heavy (non-hydrogen) atoms. The molecule has 1 fully saturated rings. The number of piperazine rings is 1. The number of nitrogens with one attached hydrogen (secondary N) is 1. The summed E-state index contributed by atoms with van der Waals surface area (Å²) in [5.41, 5.74) is 0. The van der Waals surface area contributed by atoms with Gasteiger partial charge < -0.3 is 14.8 Å². The van der Waals surface area contributed by atoms with Crippen molar-refractivity contribution in [1.82, 2.24) is 10.2 Å². The molecule has 4 nitrogen and oxygen atoms in total. The van der Waals surface area contributed by atoms with E-state index in [0.717, 1.165) is 26.3 Å². The largest absolute Gasteiger partial charge is 0.383 e. The van der Waals surface area contributed by atoms with Crippen molar-refractivity contribution in [2.45, 2.75) is 32.0 Å². The highest BCUT2D eigenvalue weighted by Gasteiger charge is 2.27. The normalized spacial score (nSPS) is 28.6. The maximum Gasteiger partial charge on any atom is 0.0628 e. The summed E-state index contributed by atoms with van der Waals surface area (Å²) in [7, 11) is 3.50. The Labute approximate surface area is 92.9 Å². The minimum Gasteiger partial charge on any atom is -0.383 e. The van der Waals surface area contributed by atoms with Crippen molar-refractivity contribution in [3.63, 3.8) is 0 Å². The van der Waals surface area contributed by atoms with Crippen LogP contribution < -0.4 is 5.32 Å². The van der Waals surface area contributed by atoms with Crippen molar-refractivity contribution in [1.29, 1.82) is 0 Å². The second kappa shape index (κ2) is 6.43. The van der Waals surface area contributed by atoms with E-state index >= 15 is 0 Å². The molecule has 1 aliphatic rings. The predicted molar refractivity (Wildman–Crippen MR) is 61.2 cm³/mol. The standard InChI is InChI=1S/C11H24N2O2/c1-9(2)13-5-10(7-14-3)12-11(6-13)8-15-4/h9-12H,5-8H2,1-4H3/t10-,11-/m0/s1. The van der Waals surface area contributed by atoms with Crippen LogP contribution in [0.3, 0.4) is 0 Å². The lowest BCUT2D eigenvalue weighted by Gasteiger charge is -2.40. The van der Waals surface area contributed by atoms with Crippen molar-refractivity contribution in [2.75, 3.05) is 40.5 Å². The number of nitrogens with zero attached hydrogens (tertiary/aromatic N) is 1. The number of methoxy groups -OCH3 is 2. The van der Waals surface area contributed by atoms with Gasteiger partial charge in [-0.15, -0.1) is 0 Å². The van der Waals surface area contributed by atoms with Gasteiger partial charge in [0.1, 0.15) is 0 Å². The summed E-state index contributed by atoms with van der Waals surface area (Å²) in [6.45, 7) is 8.13. The molecule has 0 saturated carbocycles. The fraction of sp³-hybridized carbons (Fsp3) is 1.00. The second-order valence-electron chi connectivity index (χ2n) is 4.52. The van der Waals surface area contributed by atoms with Crippen molar-refractivity contribution in [3.05, 3.63) is 0 Å². The maximum atomic E-state index is 5.21. The van der Waals surface area contributed by atoms with E-state index < -0.39 is 0 Å². The number of hydrogen-bond donors (Lipinski definition) is 1. The first-order chi connectivity index (χ1) is 7.17. The van der Waals surface area contributed by atoms with Crippen LogP contribution in [0.1, 0.15) is 13.8 Å². The molecule has 0 aliphatic carbocycles. The molecule has 1 heterocycles. The van der Waals surface area contributed by atoms with Gasteiger partial charge in [-0.1, -0.05) is 0 Å². The van der Waals surface area contributed by atoms with Crippen LogP contribution >= 0.6 is 0 Å². The van der Waals surface area contributed by atoms with E-state index in [-0.39, 0.29) is 0 Å². The fourth-order valence-electron chi connectivity index (χ4n) is 2.11. The molecule has 4 heteroatoms. The van der Waals surface area contributed by atoms with E-state index in [2.05, 4.69) is 24.1 Å². The van der Waals surface area contributed by atoms with Crippen LogP contribution in [0, 0.1) is 0 Å². The molecule has 1 rings (SSSR count). The lowest BCUT2D eigenvalue weighted by atomic mass is 10.1. The quantitative estimate of drug-likeness (QED) is 0.718. The molecule has 0 aromatic rings. The number of rotatable bonds is 5. The molecule has 1 saturated heterocycles. The van der Waals surface area contributed by atoms with Gasteiger partial charge in [0.05, 0.1) is 13.2 Å². The number of hydrogen-bond acceptors (Lipinski definition) is 4. The smallest absolute Gasteiger partial charge is 0.0628 e. The summed E-state index contributed by atoms with van der Waals surface area (Å²) in [4.78, 5) is 2.48. The molecule has 0 radical (unpaired) electrons. The summed E-state index contributed by atoms with van der Waals surface area (Å²) in [5, 5.41) is 3.55. The lowest BCUT2D eigenvalue weighted by Crippen LogP contribution is -2.60. The van der Waals surface area contributed by atoms with Crippen molar-refractivity contribution < 1.29 is 9.47 Å². The van der Waals surface area contributed by atoms with E-state index in [9.17, 15) is 0 Å². The minimum atomic E-state index is 0.422. The molecule has 0 unspecified atom stereocenters. The number of ether oxygens (including phenoxy) is 2. The van der Waals surface area contributed by atoms with Crippen LogP contribution in [-0.4, -0.2) is 63.5 Å². The van der Waals surface area contributed by atoms with Crippen LogP contribution in [0.5, 0.6) is 0 Å². The van der Waals surface area contributed by atoms with E-state index in [1.54, 1.807) is 14.2 Å². The molecule has 90 valence electrons. The van der Waals surface area contributed by atoms with Gasteiger partial charge in [-0.2, -0.15) is 0 Å². The first-order valence-corrected chi connectivity index (χ1v) is 5.65. The molecule has 0 aromatic heterocycles. The summed E-state index contributed by atoms with van der Waals surface area (Å²) >= 11 is 0. The highest BCUT2D eigenvalue weighted by molar-refractivity contribution is 4.87. The van der Waals surface area contributed by atoms with Gasteiger partial charge in [0.2, 0.25) is 0 Å². The Kier molecular flexibility index (Phi) is 5.53. The summed E-state index contributed by atoms with van der Waals surface area (Å²) in [6.07, 6.45) is 0. The highest BCUT2D eigenvalue weighted by atomic mass is 16.5. The van der Waals surface area contributed by atoms with Crippen LogP contribution in [-0.2, 0) is 9.47 Å². The van der Waals surface area contributed by atoms with Gasteiger partial charge in [-0.3, -0.25) is 4.90 Å². The third-order valence-corrected chi connectivity index (χ3v) is 2.85. The van der Waals surface area contributed by atoms with Gasteiger partial charge in [-0.25, -0.2) is 0 Å². The van der Waals surface area contributed by atoms with Crippen molar-refractivity contribution >= 4 is 0 Å². The van der Waals surface area contributed by atoms with Gasteiger partial charge in [0, 0.05) is 45.4 Å². The first-order valence-electron chi connectivity index (χ1n) is 5.65. The fourth-order valence-corrected chi connectivity index (χ4v) is 2.11. The molecule has 0 amide bonds. The zero-order valence-electron chi connectivity index (χ0n) is 10.3. The Hall–Kier alpha value is -0.160. The zero-order chi connectivity index (χ0) is 11.3. The molecular weight excluding hydrogens is 192 g/mol. The highest BCUT2D eigenvalue weighted by Crippen LogP contribution is 2.09. The Bertz CT molecular complexity index is 162. The molecule has 2 atom stereocenters. The van der Waals surface area contributed by atoms with E-state index in [4.69, 9.17) is 9.47 Å². The Balaban J connectivity index is 2.48. The van der Waals surface area contributed by atoms with Gasteiger partial charge in [0.25, 0.3) is 0 Å². The second-order valence-corrected chi connectivity index (χ2v) is 4.52. The van der Waals surface area contributed by atoms with Gasteiger partial charge >= 0.3 is 0 Å². The van der Waals surface area contributed by atoms with Crippen LogP contribution in [0.2, 0.25) is 0 Å². The summed E-state index contributed by atoms with van der Waals surface area (Å²) in [5.74, 6) is 0. The first kappa shape index (κ1) is 12.9. The third-order valence-electron chi connectivity index (χ3n) is 2.85. The lowest BCUT2D eigenvalue weighted by molar-refractivity contribution is 0.0514. The average Bonchev–Trinajstić information content (AvgIpc) is 2.18. The molecule has 0 bridgehead atoms.